The Hall–Kier alpha value is -2.56. The van der Waals surface area contributed by atoms with Crippen molar-refractivity contribution in [3.63, 3.8) is 0 Å². The summed E-state index contributed by atoms with van der Waals surface area (Å²) < 4.78 is 6.35. The van der Waals surface area contributed by atoms with E-state index in [1.807, 2.05) is 24.3 Å². The van der Waals surface area contributed by atoms with Crippen LogP contribution in [-0.2, 0) is 0 Å². The Morgan fingerprint density at radius 3 is 2.46 bits per heavy atom. The molecule has 6 heteroatoms. The number of aromatic nitrogens is 1. The fraction of sp³-hybridized carbons (Fsp3) is 0. The Morgan fingerprint density at radius 2 is 1.67 bits per heavy atom. The first-order chi connectivity index (χ1) is 11.6. The maximum atomic E-state index is 12.8. The van der Waals surface area contributed by atoms with E-state index >= 15 is 0 Å². The molecule has 0 unspecified atom stereocenters. The van der Waals surface area contributed by atoms with E-state index in [4.69, 9.17) is 27.6 Å². The van der Waals surface area contributed by atoms with Gasteiger partial charge in [0.15, 0.2) is 5.58 Å². The van der Waals surface area contributed by atoms with Crippen molar-refractivity contribution in [1.82, 2.24) is 4.57 Å². The Morgan fingerprint density at radius 1 is 0.875 bits per heavy atom. The average Bonchev–Trinajstić information content (AvgIpc) is 2.56. The molecule has 4 aromatic rings. The molecular formula is C18H9Cl2NO3. The first-order valence-corrected chi connectivity index (χ1v) is 7.85. The van der Waals surface area contributed by atoms with Gasteiger partial charge in [0.1, 0.15) is 0 Å². The van der Waals surface area contributed by atoms with Gasteiger partial charge in [-0.3, -0.25) is 4.79 Å². The second-order valence-corrected chi connectivity index (χ2v) is 6.11. The normalized spacial score (nSPS) is 11.2. The van der Waals surface area contributed by atoms with Crippen LogP contribution >= 0.6 is 23.2 Å². The molecule has 24 heavy (non-hydrogen) atoms. The van der Waals surface area contributed by atoms with E-state index in [9.17, 15) is 9.59 Å². The van der Waals surface area contributed by atoms with Crippen LogP contribution in [0.1, 0.15) is 0 Å². The summed E-state index contributed by atoms with van der Waals surface area (Å²) in [6, 6.07) is 15.4. The van der Waals surface area contributed by atoms with Gasteiger partial charge in [0, 0.05) is 10.4 Å². The SMILES string of the molecule is O=c1oc2c(ccc3ccccc32)c(=O)n1-c1ccc(Cl)cc1Cl. The van der Waals surface area contributed by atoms with Crippen LogP contribution in [0.15, 0.2) is 68.6 Å². The Balaban J connectivity index is 2.14. The number of hydrogen-bond acceptors (Lipinski definition) is 3. The molecular weight excluding hydrogens is 349 g/mol. The fourth-order valence-corrected chi connectivity index (χ4v) is 3.22. The topological polar surface area (TPSA) is 52.2 Å². The van der Waals surface area contributed by atoms with Crippen LogP contribution in [0.2, 0.25) is 10.0 Å². The third kappa shape index (κ3) is 2.23. The molecule has 1 aromatic heterocycles. The van der Waals surface area contributed by atoms with Crippen LogP contribution in [0.3, 0.4) is 0 Å². The van der Waals surface area contributed by atoms with E-state index < -0.39 is 11.3 Å². The Labute approximate surface area is 145 Å². The molecule has 0 spiro atoms. The van der Waals surface area contributed by atoms with Crippen LogP contribution in [0.4, 0.5) is 0 Å². The molecule has 0 N–H and O–H groups in total. The van der Waals surface area contributed by atoms with Crippen LogP contribution in [0.25, 0.3) is 27.4 Å². The lowest BCUT2D eigenvalue weighted by Gasteiger charge is -2.08. The highest BCUT2D eigenvalue weighted by molar-refractivity contribution is 6.35. The molecule has 0 radical (unpaired) electrons. The molecule has 0 fully saturated rings. The summed E-state index contributed by atoms with van der Waals surface area (Å²) in [6.07, 6.45) is 0. The largest absolute Gasteiger partial charge is 0.427 e. The van der Waals surface area contributed by atoms with Gasteiger partial charge >= 0.3 is 5.76 Å². The van der Waals surface area contributed by atoms with Crippen molar-refractivity contribution in [1.29, 1.82) is 0 Å². The lowest BCUT2D eigenvalue weighted by atomic mass is 10.1. The molecule has 1 heterocycles. The molecule has 0 aliphatic heterocycles. The van der Waals surface area contributed by atoms with Gasteiger partial charge in [0.25, 0.3) is 5.56 Å². The van der Waals surface area contributed by atoms with Gasteiger partial charge in [-0.1, -0.05) is 53.5 Å². The molecule has 0 amide bonds. The number of rotatable bonds is 1. The van der Waals surface area contributed by atoms with Crippen LogP contribution in [0.5, 0.6) is 0 Å². The van der Waals surface area contributed by atoms with Crippen molar-refractivity contribution in [2.24, 2.45) is 0 Å². The number of nitrogens with zero attached hydrogens (tertiary/aromatic N) is 1. The second-order valence-electron chi connectivity index (χ2n) is 5.27. The third-order valence-corrected chi connectivity index (χ3v) is 4.37. The minimum atomic E-state index is -0.798. The molecule has 0 bridgehead atoms. The van der Waals surface area contributed by atoms with Crippen LogP contribution in [0, 0.1) is 0 Å². The summed E-state index contributed by atoms with van der Waals surface area (Å²) in [5.74, 6) is -0.798. The summed E-state index contributed by atoms with van der Waals surface area (Å²) in [6.45, 7) is 0. The number of fused-ring (bicyclic) bond motifs is 3. The van der Waals surface area contributed by atoms with Gasteiger partial charge < -0.3 is 4.42 Å². The van der Waals surface area contributed by atoms with E-state index in [1.165, 1.54) is 12.1 Å². The summed E-state index contributed by atoms with van der Waals surface area (Å²) in [5, 5.41) is 2.50. The standard InChI is InChI=1S/C18H9Cl2NO3/c19-11-6-8-15(14(20)9-11)21-17(22)13-7-5-10-3-1-2-4-12(10)16(13)24-18(21)23/h1-9H. The monoisotopic (exact) mass is 357 g/mol. The van der Waals surface area contributed by atoms with Gasteiger partial charge in [0.2, 0.25) is 0 Å². The minimum absolute atomic E-state index is 0.192. The zero-order valence-electron chi connectivity index (χ0n) is 12.1. The van der Waals surface area contributed by atoms with Crippen molar-refractivity contribution in [2.75, 3.05) is 0 Å². The number of benzene rings is 3. The highest BCUT2D eigenvalue weighted by atomic mass is 35.5. The predicted molar refractivity (Wildman–Crippen MR) is 95.6 cm³/mol. The highest BCUT2D eigenvalue weighted by Crippen LogP contribution is 2.25. The molecule has 118 valence electrons. The second kappa shape index (κ2) is 5.51. The zero-order chi connectivity index (χ0) is 16.8. The maximum Gasteiger partial charge on any atom is 0.427 e. The lowest BCUT2D eigenvalue weighted by molar-refractivity contribution is 0.506. The van der Waals surface area contributed by atoms with E-state index in [1.54, 1.807) is 18.2 Å². The average molecular weight is 358 g/mol. The van der Waals surface area contributed by atoms with Crippen molar-refractivity contribution < 1.29 is 4.42 Å². The maximum absolute atomic E-state index is 12.8. The van der Waals surface area contributed by atoms with Crippen molar-refractivity contribution in [3.05, 3.63) is 85.5 Å². The van der Waals surface area contributed by atoms with E-state index in [0.29, 0.717) is 15.8 Å². The highest BCUT2D eigenvalue weighted by Gasteiger charge is 2.15. The van der Waals surface area contributed by atoms with Gasteiger partial charge in [0.05, 0.1) is 16.1 Å². The quantitative estimate of drug-likeness (QED) is 0.474. The zero-order valence-corrected chi connectivity index (χ0v) is 13.6. The fourth-order valence-electron chi connectivity index (χ4n) is 2.73. The van der Waals surface area contributed by atoms with E-state index in [2.05, 4.69) is 0 Å². The first kappa shape index (κ1) is 15.0. The van der Waals surface area contributed by atoms with Crippen LogP contribution in [-0.4, -0.2) is 4.57 Å². The van der Waals surface area contributed by atoms with Crippen LogP contribution < -0.4 is 11.3 Å². The van der Waals surface area contributed by atoms with Gasteiger partial charge in [-0.2, -0.15) is 0 Å². The Kier molecular flexibility index (Phi) is 3.44. The molecule has 0 aliphatic carbocycles. The minimum Gasteiger partial charge on any atom is -0.408 e. The lowest BCUT2D eigenvalue weighted by Crippen LogP contribution is -2.31. The van der Waals surface area contributed by atoms with Crippen molar-refractivity contribution in [3.8, 4) is 5.69 Å². The number of hydrogen-bond donors (Lipinski definition) is 0. The molecule has 0 saturated heterocycles. The summed E-state index contributed by atoms with van der Waals surface area (Å²) in [4.78, 5) is 25.3. The predicted octanol–water partition coefficient (Wildman–Crippen LogP) is 4.40. The molecule has 4 rings (SSSR count). The molecule has 4 nitrogen and oxygen atoms in total. The summed E-state index contributed by atoms with van der Waals surface area (Å²) in [7, 11) is 0. The molecule has 0 saturated carbocycles. The van der Waals surface area contributed by atoms with Crippen molar-refractivity contribution >= 4 is 44.9 Å². The Bertz CT molecular complexity index is 1220. The number of halogens is 2. The van der Waals surface area contributed by atoms with E-state index in [0.717, 1.165) is 9.95 Å². The third-order valence-electron chi connectivity index (χ3n) is 3.84. The molecule has 0 aliphatic rings. The summed E-state index contributed by atoms with van der Waals surface area (Å²) >= 11 is 12.0. The van der Waals surface area contributed by atoms with Crippen molar-refractivity contribution in [2.45, 2.75) is 0 Å². The summed E-state index contributed by atoms with van der Waals surface area (Å²) in [5.41, 5.74) is 0.00976. The van der Waals surface area contributed by atoms with E-state index in [-0.39, 0.29) is 16.3 Å². The van der Waals surface area contributed by atoms with Gasteiger partial charge in [-0.05, 0) is 29.7 Å². The van der Waals surface area contributed by atoms with Gasteiger partial charge in [-0.15, -0.1) is 0 Å². The molecule has 0 atom stereocenters. The van der Waals surface area contributed by atoms with Gasteiger partial charge in [-0.25, -0.2) is 9.36 Å². The molecule has 3 aromatic carbocycles. The smallest absolute Gasteiger partial charge is 0.408 e. The first-order valence-electron chi connectivity index (χ1n) is 7.09.